The van der Waals surface area contributed by atoms with Crippen LogP contribution in [-0.2, 0) is 6.54 Å². The fourth-order valence-corrected chi connectivity index (χ4v) is 3.11. The minimum Gasteiger partial charge on any atom is -0.477 e. The number of aromatic carboxylic acids is 1. The number of hydrogen-bond donors (Lipinski definition) is 2. The lowest BCUT2D eigenvalue weighted by Crippen LogP contribution is -2.38. The number of anilines is 1. The Morgan fingerprint density at radius 2 is 1.96 bits per heavy atom. The summed E-state index contributed by atoms with van der Waals surface area (Å²) >= 11 is 0. The monoisotopic (exact) mass is 325 g/mol. The molecule has 2 heterocycles. The highest BCUT2D eigenvalue weighted by atomic mass is 16.4. The van der Waals surface area contributed by atoms with Crippen LogP contribution in [0.25, 0.3) is 0 Å². The van der Waals surface area contributed by atoms with E-state index in [4.69, 9.17) is 5.11 Å². The Hall–Kier alpha value is -2.40. The van der Waals surface area contributed by atoms with Gasteiger partial charge in [-0.3, -0.25) is 4.90 Å². The van der Waals surface area contributed by atoms with E-state index in [1.807, 2.05) is 6.07 Å². The number of carbonyl (C=O) groups is 1. The molecule has 126 valence electrons. The van der Waals surface area contributed by atoms with Crippen LogP contribution in [0.15, 0.2) is 42.5 Å². The molecular formula is C19H23N3O2. The van der Waals surface area contributed by atoms with Crippen molar-refractivity contribution in [3.05, 3.63) is 59.3 Å². The lowest BCUT2D eigenvalue weighted by Gasteiger charge is -2.33. The van der Waals surface area contributed by atoms with E-state index in [1.54, 1.807) is 6.07 Å². The molecule has 0 unspecified atom stereocenters. The summed E-state index contributed by atoms with van der Waals surface area (Å²) < 4.78 is 0. The molecule has 5 heteroatoms. The molecule has 0 amide bonds. The minimum absolute atomic E-state index is 0.0805. The molecule has 1 aromatic heterocycles. The van der Waals surface area contributed by atoms with E-state index in [2.05, 4.69) is 46.4 Å². The quantitative estimate of drug-likeness (QED) is 0.884. The number of benzene rings is 1. The van der Waals surface area contributed by atoms with Crippen molar-refractivity contribution in [2.75, 3.05) is 18.4 Å². The van der Waals surface area contributed by atoms with Gasteiger partial charge in [0.15, 0.2) is 5.69 Å². The Labute approximate surface area is 142 Å². The van der Waals surface area contributed by atoms with Gasteiger partial charge in [-0.05, 0) is 43.0 Å². The lowest BCUT2D eigenvalue weighted by atomic mass is 10.0. The zero-order chi connectivity index (χ0) is 16.9. The maximum absolute atomic E-state index is 11.0. The molecule has 1 saturated heterocycles. The Kier molecular flexibility index (Phi) is 5.11. The highest BCUT2D eigenvalue weighted by Crippen LogP contribution is 2.18. The Morgan fingerprint density at radius 3 is 2.67 bits per heavy atom. The first-order chi connectivity index (χ1) is 11.6. The van der Waals surface area contributed by atoms with Gasteiger partial charge in [0.05, 0.1) is 0 Å². The summed E-state index contributed by atoms with van der Waals surface area (Å²) in [7, 11) is 0. The second-order valence-corrected chi connectivity index (χ2v) is 6.33. The van der Waals surface area contributed by atoms with E-state index in [0.29, 0.717) is 11.9 Å². The van der Waals surface area contributed by atoms with Crippen molar-refractivity contribution in [3.63, 3.8) is 0 Å². The van der Waals surface area contributed by atoms with Crippen LogP contribution < -0.4 is 5.32 Å². The normalized spacial score (nSPS) is 16.0. The minimum atomic E-state index is -0.994. The van der Waals surface area contributed by atoms with E-state index >= 15 is 0 Å². The SMILES string of the molecule is Cc1ccccc1CN1CCC(Nc2cccc(C(=O)O)n2)CC1. The standard InChI is InChI=1S/C19H23N3O2/c1-14-5-2-3-6-15(14)13-22-11-9-16(10-12-22)20-18-8-4-7-17(21-18)19(23)24/h2-8,16H,9-13H2,1H3,(H,20,21)(H,23,24). The summed E-state index contributed by atoms with van der Waals surface area (Å²) in [4.78, 5) is 17.6. The Balaban J connectivity index is 1.53. The van der Waals surface area contributed by atoms with Crippen molar-refractivity contribution in [1.29, 1.82) is 0 Å². The van der Waals surface area contributed by atoms with E-state index < -0.39 is 5.97 Å². The van der Waals surface area contributed by atoms with E-state index in [1.165, 1.54) is 17.2 Å². The number of hydrogen-bond acceptors (Lipinski definition) is 4. The van der Waals surface area contributed by atoms with Gasteiger partial charge in [-0.15, -0.1) is 0 Å². The van der Waals surface area contributed by atoms with E-state index in [9.17, 15) is 4.79 Å². The molecule has 0 aliphatic carbocycles. The molecule has 1 aliphatic heterocycles. The number of aromatic nitrogens is 1. The van der Waals surface area contributed by atoms with Crippen LogP contribution in [-0.4, -0.2) is 40.1 Å². The van der Waals surface area contributed by atoms with Gasteiger partial charge in [0.1, 0.15) is 5.82 Å². The number of rotatable bonds is 5. The van der Waals surface area contributed by atoms with Crippen molar-refractivity contribution >= 4 is 11.8 Å². The number of piperidine rings is 1. The van der Waals surface area contributed by atoms with E-state index in [-0.39, 0.29) is 5.69 Å². The maximum Gasteiger partial charge on any atom is 0.354 e. The number of pyridine rings is 1. The van der Waals surface area contributed by atoms with Gasteiger partial charge in [-0.25, -0.2) is 9.78 Å². The van der Waals surface area contributed by atoms with Gasteiger partial charge >= 0.3 is 5.97 Å². The molecule has 24 heavy (non-hydrogen) atoms. The Bertz CT molecular complexity index is 709. The number of aryl methyl sites for hydroxylation is 1. The number of carboxylic acid groups (broad SMARTS) is 1. The van der Waals surface area contributed by atoms with Crippen molar-refractivity contribution in [3.8, 4) is 0 Å². The summed E-state index contributed by atoms with van der Waals surface area (Å²) in [6.07, 6.45) is 2.07. The van der Waals surface area contributed by atoms with Gasteiger partial charge in [-0.1, -0.05) is 30.3 Å². The average molecular weight is 325 g/mol. The smallest absolute Gasteiger partial charge is 0.354 e. The second kappa shape index (κ2) is 7.45. The fourth-order valence-electron chi connectivity index (χ4n) is 3.11. The largest absolute Gasteiger partial charge is 0.477 e. The first-order valence-electron chi connectivity index (χ1n) is 8.35. The number of likely N-dealkylation sites (tertiary alicyclic amines) is 1. The number of nitrogens with zero attached hydrogens (tertiary/aromatic N) is 2. The topological polar surface area (TPSA) is 65.5 Å². The van der Waals surface area contributed by atoms with Gasteiger partial charge in [0.2, 0.25) is 0 Å². The van der Waals surface area contributed by atoms with Gasteiger partial charge in [0.25, 0.3) is 0 Å². The molecule has 1 aromatic carbocycles. The summed E-state index contributed by atoms with van der Waals surface area (Å²) in [6, 6.07) is 13.9. The van der Waals surface area contributed by atoms with Crippen LogP contribution >= 0.6 is 0 Å². The second-order valence-electron chi connectivity index (χ2n) is 6.33. The highest BCUT2D eigenvalue weighted by molar-refractivity contribution is 5.85. The molecule has 2 N–H and O–H groups in total. The molecule has 0 radical (unpaired) electrons. The molecular weight excluding hydrogens is 302 g/mol. The summed E-state index contributed by atoms with van der Waals surface area (Å²) in [5.41, 5.74) is 2.81. The third kappa shape index (κ3) is 4.11. The summed E-state index contributed by atoms with van der Waals surface area (Å²) in [5, 5.41) is 12.4. The predicted molar refractivity (Wildman–Crippen MR) is 94.3 cm³/mol. The highest BCUT2D eigenvalue weighted by Gasteiger charge is 2.20. The van der Waals surface area contributed by atoms with E-state index in [0.717, 1.165) is 32.5 Å². The van der Waals surface area contributed by atoms with Crippen molar-refractivity contribution in [2.45, 2.75) is 32.4 Å². The molecule has 0 atom stereocenters. The third-order valence-electron chi connectivity index (χ3n) is 4.56. The first-order valence-corrected chi connectivity index (χ1v) is 8.35. The van der Waals surface area contributed by atoms with Gasteiger partial charge in [-0.2, -0.15) is 0 Å². The fraction of sp³-hybridized carbons (Fsp3) is 0.368. The molecule has 0 saturated carbocycles. The van der Waals surface area contributed by atoms with Crippen molar-refractivity contribution < 1.29 is 9.90 Å². The predicted octanol–water partition coefficient (Wildman–Crippen LogP) is 3.16. The van der Waals surface area contributed by atoms with Crippen LogP contribution in [0.4, 0.5) is 5.82 Å². The summed E-state index contributed by atoms with van der Waals surface area (Å²) in [5.74, 6) is -0.348. The van der Waals surface area contributed by atoms with Crippen LogP contribution in [0, 0.1) is 6.92 Å². The maximum atomic E-state index is 11.0. The van der Waals surface area contributed by atoms with Gasteiger partial charge in [0, 0.05) is 25.7 Å². The first kappa shape index (κ1) is 16.5. The average Bonchev–Trinajstić information content (AvgIpc) is 2.59. The van der Waals surface area contributed by atoms with Gasteiger partial charge < -0.3 is 10.4 Å². The van der Waals surface area contributed by atoms with Crippen molar-refractivity contribution in [1.82, 2.24) is 9.88 Å². The zero-order valence-electron chi connectivity index (χ0n) is 13.9. The Morgan fingerprint density at radius 1 is 1.21 bits per heavy atom. The third-order valence-corrected chi connectivity index (χ3v) is 4.56. The van der Waals surface area contributed by atoms with Crippen LogP contribution in [0.5, 0.6) is 0 Å². The molecule has 3 rings (SSSR count). The van der Waals surface area contributed by atoms with Crippen LogP contribution in [0.2, 0.25) is 0 Å². The summed E-state index contributed by atoms with van der Waals surface area (Å²) in [6.45, 7) is 5.21. The molecule has 0 spiro atoms. The number of nitrogens with one attached hydrogen (secondary N) is 1. The van der Waals surface area contributed by atoms with Crippen LogP contribution in [0.3, 0.4) is 0 Å². The lowest BCUT2D eigenvalue weighted by molar-refractivity contribution is 0.0690. The molecule has 1 aliphatic rings. The molecule has 1 fully saturated rings. The molecule has 2 aromatic rings. The van der Waals surface area contributed by atoms with Crippen molar-refractivity contribution in [2.24, 2.45) is 0 Å². The molecule has 5 nitrogen and oxygen atoms in total. The van der Waals surface area contributed by atoms with Crippen LogP contribution in [0.1, 0.15) is 34.5 Å². The number of carboxylic acids is 1. The zero-order valence-corrected chi connectivity index (χ0v) is 13.9. The molecule has 0 bridgehead atoms.